The third-order valence-electron chi connectivity index (χ3n) is 5.19. The molecule has 0 radical (unpaired) electrons. The van der Waals surface area contributed by atoms with Crippen LogP contribution in [0.1, 0.15) is 19.4 Å². The average Bonchev–Trinajstić information content (AvgIpc) is 2.67. The van der Waals surface area contributed by atoms with E-state index in [9.17, 15) is 4.79 Å². The van der Waals surface area contributed by atoms with E-state index in [4.69, 9.17) is 9.47 Å². The van der Waals surface area contributed by atoms with Crippen LogP contribution in [0, 0.1) is 5.92 Å². The molecule has 3 heterocycles. The number of hydrogen-bond donors (Lipinski definition) is 1. The second-order valence-electron chi connectivity index (χ2n) is 8.03. The molecule has 7 nitrogen and oxygen atoms in total. The number of fused-ring (bicyclic) bond motifs is 1. The quantitative estimate of drug-likeness (QED) is 0.812. The number of rotatable bonds is 6. The van der Waals surface area contributed by atoms with Crippen LogP contribution in [-0.4, -0.2) is 59.7 Å². The summed E-state index contributed by atoms with van der Waals surface area (Å²) in [5, 5.41) is 2.97. The zero-order valence-corrected chi connectivity index (χ0v) is 17.0. The number of likely N-dealkylation sites (tertiary alicyclic amines) is 1. The van der Waals surface area contributed by atoms with Gasteiger partial charge in [-0.3, -0.25) is 9.88 Å². The van der Waals surface area contributed by atoms with E-state index in [1.54, 1.807) is 0 Å². The molecule has 7 heteroatoms. The van der Waals surface area contributed by atoms with Crippen molar-refractivity contribution < 1.29 is 14.3 Å². The lowest BCUT2D eigenvalue weighted by Gasteiger charge is -2.46. The molecule has 0 aliphatic carbocycles. The van der Waals surface area contributed by atoms with Crippen molar-refractivity contribution in [3.8, 4) is 11.5 Å². The van der Waals surface area contributed by atoms with Crippen LogP contribution >= 0.6 is 0 Å². The first-order valence-electron chi connectivity index (χ1n) is 10.2. The number of carbonyl (C=O) groups is 1. The lowest BCUT2D eigenvalue weighted by atomic mass is 10.0. The van der Waals surface area contributed by atoms with Gasteiger partial charge in [-0.15, -0.1) is 0 Å². The number of hydrogen-bond acceptors (Lipinski definition) is 5. The van der Waals surface area contributed by atoms with E-state index in [2.05, 4.69) is 41.2 Å². The number of anilines is 1. The Morgan fingerprint density at radius 1 is 1.17 bits per heavy atom. The predicted octanol–water partition coefficient (Wildman–Crippen LogP) is 3.23. The number of ether oxygens (including phenoxy) is 2. The van der Waals surface area contributed by atoms with Crippen LogP contribution in [0.15, 0.2) is 42.7 Å². The molecular weight excluding hydrogens is 368 g/mol. The third kappa shape index (κ3) is 4.79. The van der Waals surface area contributed by atoms with Gasteiger partial charge in [0, 0.05) is 56.4 Å². The minimum Gasteiger partial charge on any atom is -0.486 e. The number of aromatic nitrogens is 1. The van der Waals surface area contributed by atoms with E-state index in [0.717, 1.165) is 37.6 Å². The molecule has 2 aliphatic rings. The largest absolute Gasteiger partial charge is 0.486 e. The summed E-state index contributed by atoms with van der Waals surface area (Å²) in [4.78, 5) is 21.0. The van der Waals surface area contributed by atoms with Crippen LogP contribution in [0.5, 0.6) is 11.5 Å². The molecule has 1 fully saturated rings. The third-order valence-corrected chi connectivity index (χ3v) is 5.19. The van der Waals surface area contributed by atoms with Crippen LogP contribution in [0.2, 0.25) is 0 Å². The number of nitrogens with zero attached hydrogens (tertiary/aromatic N) is 3. The fraction of sp³-hybridized carbons (Fsp3) is 0.455. The van der Waals surface area contributed by atoms with Crippen molar-refractivity contribution in [3.05, 3.63) is 48.3 Å². The lowest BCUT2D eigenvalue weighted by Crippen LogP contribution is -2.62. The number of carbonyl (C=O) groups excluding carboxylic acids is 1. The van der Waals surface area contributed by atoms with Gasteiger partial charge in [-0.05, 0) is 35.7 Å². The second kappa shape index (κ2) is 8.69. The van der Waals surface area contributed by atoms with E-state index in [-0.39, 0.29) is 6.03 Å². The Bertz CT molecular complexity index is 837. The molecule has 1 aromatic carbocycles. The zero-order valence-electron chi connectivity index (χ0n) is 17.0. The Morgan fingerprint density at radius 2 is 1.90 bits per heavy atom. The predicted molar refractivity (Wildman–Crippen MR) is 111 cm³/mol. The first-order chi connectivity index (χ1) is 14.1. The normalized spacial score (nSPS) is 16.1. The van der Waals surface area contributed by atoms with Crippen LogP contribution in [0.4, 0.5) is 10.5 Å². The summed E-state index contributed by atoms with van der Waals surface area (Å²) >= 11 is 0. The molecule has 0 bridgehead atoms. The highest BCUT2D eigenvalue weighted by Gasteiger charge is 2.35. The molecule has 1 aromatic heterocycles. The molecule has 0 unspecified atom stereocenters. The van der Waals surface area contributed by atoms with Crippen molar-refractivity contribution in [2.75, 3.05) is 38.2 Å². The molecule has 1 saturated heterocycles. The zero-order chi connectivity index (χ0) is 20.2. The van der Waals surface area contributed by atoms with Crippen molar-refractivity contribution in [1.29, 1.82) is 0 Å². The number of nitrogens with one attached hydrogen (secondary N) is 1. The van der Waals surface area contributed by atoms with E-state index in [1.165, 1.54) is 5.56 Å². The molecule has 29 heavy (non-hydrogen) atoms. The number of amides is 2. The summed E-state index contributed by atoms with van der Waals surface area (Å²) in [5.74, 6) is 1.96. The van der Waals surface area contributed by atoms with Crippen molar-refractivity contribution >= 4 is 11.7 Å². The summed E-state index contributed by atoms with van der Waals surface area (Å²) in [6.45, 7) is 8.88. The molecular formula is C22H28N4O3. The maximum absolute atomic E-state index is 12.6. The van der Waals surface area contributed by atoms with Crippen LogP contribution in [0.3, 0.4) is 0 Å². The Labute approximate surface area is 171 Å². The van der Waals surface area contributed by atoms with E-state index in [0.29, 0.717) is 30.9 Å². The minimum atomic E-state index is -0.0775. The van der Waals surface area contributed by atoms with Crippen LogP contribution in [0.25, 0.3) is 0 Å². The highest BCUT2D eigenvalue weighted by Crippen LogP contribution is 2.32. The molecule has 2 amide bonds. The van der Waals surface area contributed by atoms with Gasteiger partial charge in [0.2, 0.25) is 0 Å². The highest BCUT2D eigenvalue weighted by atomic mass is 16.6. The first kappa shape index (κ1) is 19.5. The van der Waals surface area contributed by atoms with Gasteiger partial charge in [0.15, 0.2) is 11.5 Å². The smallest absolute Gasteiger partial charge is 0.321 e. The molecule has 2 aromatic rings. The Morgan fingerprint density at radius 3 is 2.62 bits per heavy atom. The Kier molecular flexibility index (Phi) is 5.85. The van der Waals surface area contributed by atoms with E-state index < -0.39 is 0 Å². The molecule has 0 spiro atoms. The molecule has 0 atom stereocenters. The van der Waals surface area contributed by atoms with Gasteiger partial charge in [0.05, 0.1) is 0 Å². The van der Waals surface area contributed by atoms with Crippen molar-refractivity contribution in [3.63, 3.8) is 0 Å². The fourth-order valence-corrected chi connectivity index (χ4v) is 3.71. The maximum Gasteiger partial charge on any atom is 0.321 e. The standard InChI is InChI=1S/C22H28N4O3/c1-16(2)12-25(13-17-5-7-23-8-6-17)19-14-26(15-19)22(27)24-18-3-4-20-21(11-18)29-10-9-28-20/h3-8,11,16,19H,9-10,12-15H2,1-2H3,(H,24,27). The van der Waals surface area contributed by atoms with Gasteiger partial charge in [-0.25, -0.2) is 4.79 Å². The minimum absolute atomic E-state index is 0.0775. The molecule has 4 rings (SSSR count). The van der Waals surface area contributed by atoms with Crippen LogP contribution in [-0.2, 0) is 6.54 Å². The van der Waals surface area contributed by atoms with Crippen LogP contribution < -0.4 is 14.8 Å². The van der Waals surface area contributed by atoms with Gasteiger partial charge in [-0.2, -0.15) is 0 Å². The summed E-state index contributed by atoms with van der Waals surface area (Å²) in [6, 6.07) is 9.90. The number of benzene rings is 1. The molecule has 2 aliphatic heterocycles. The maximum atomic E-state index is 12.6. The summed E-state index contributed by atoms with van der Waals surface area (Å²) in [7, 11) is 0. The fourth-order valence-electron chi connectivity index (χ4n) is 3.71. The van der Waals surface area contributed by atoms with Gasteiger partial charge in [-0.1, -0.05) is 13.8 Å². The molecule has 154 valence electrons. The van der Waals surface area contributed by atoms with Crippen molar-refractivity contribution in [1.82, 2.24) is 14.8 Å². The summed E-state index contributed by atoms with van der Waals surface area (Å²) in [5.41, 5.74) is 1.97. The Balaban J connectivity index is 1.33. The van der Waals surface area contributed by atoms with Gasteiger partial charge in [0.25, 0.3) is 0 Å². The second-order valence-corrected chi connectivity index (χ2v) is 8.03. The highest BCUT2D eigenvalue weighted by molar-refractivity contribution is 5.90. The SMILES string of the molecule is CC(C)CN(Cc1ccncc1)C1CN(C(=O)Nc2ccc3c(c2)OCCO3)C1. The van der Waals surface area contributed by atoms with E-state index in [1.807, 2.05) is 35.5 Å². The van der Waals surface area contributed by atoms with Gasteiger partial charge in [0.1, 0.15) is 13.2 Å². The number of urea groups is 1. The van der Waals surface area contributed by atoms with E-state index >= 15 is 0 Å². The average molecular weight is 396 g/mol. The molecule has 1 N–H and O–H groups in total. The van der Waals surface area contributed by atoms with Crippen molar-refractivity contribution in [2.45, 2.75) is 26.4 Å². The lowest BCUT2D eigenvalue weighted by molar-refractivity contribution is 0.0486. The number of pyridine rings is 1. The Hall–Kier alpha value is -2.80. The van der Waals surface area contributed by atoms with Gasteiger partial charge >= 0.3 is 6.03 Å². The summed E-state index contributed by atoms with van der Waals surface area (Å²) < 4.78 is 11.1. The molecule has 0 saturated carbocycles. The topological polar surface area (TPSA) is 66.9 Å². The first-order valence-corrected chi connectivity index (χ1v) is 10.2. The van der Waals surface area contributed by atoms with Crippen molar-refractivity contribution in [2.24, 2.45) is 5.92 Å². The summed E-state index contributed by atoms with van der Waals surface area (Å²) in [6.07, 6.45) is 3.66. The van der Waals surface area contributed by atoms with Gasteiger partial charge < -0.3 is 19.7 Å². The monoisotopic (exact) mass is 396 g/mol.